The third-order valence-electron chi connectivity index (χ3n) is 2.47. The lowest BCUT2D eigenvalue weighted by atomic mass is 10.2. The van der Waals surface area contributed by atoms with Crippen LogP contribution in [0.1, 0.15) is 5.56 Å². The summed E-state index contributed by atoms with van der Waals surface area (Å²) >= 11 is 3.32. The zero-order chi connectivity index (χ0) is 14.0. The molecule has 1 aromatic heterocycles. The third-order valence-corrected chi connectivity index (χ3v) is 4.54. The monoisotopic (exact) mass is 341 g/mol. The minimum atomic E-state index is -3.75. The number of nitrogen functional groups attached to an aromatic ring is 1. The van der Waals surface area contributed by atoms with Crippen LogP contribution >= 0.6 is 15.9 Å². The predicted octanol–water partition coefficient (Wildman–Crippen LogP) is 2.54. The number of benzene rings is 1. The first-order valence-corrected chi connectivity index (χ1v) is 7.66. The molecule has 0 aliphatic carbocycles. The predicted molar refractivity (Wildman–Crippen MR) is 78.3 cm³/mol. The summed E-state index contributed by atoms with van der Waals surface area (Å²) in [6.45, 7) is 1.92. The molecule has 0 radical (unpaired) electrons. The van der Waals surface area contributed by atoms with Crippen LogP contribution in [-0.2, 0) is 10.0 Å². The van der Waals surface area contributed by atoms with E-state index in [9.17, 15) is 8.42 Å². The van der Waals surface area contributed by atoms with Crippen molar-refractivity contribution in [2.24, 2.45) is 0 Å². The van der Waals surface area contributed by atoms with Gasteiger partial charge in [0.25, 0.3) is 10.0 Å². The molecule has 5 nitrogen and oxygen atoms in total. The van der Waals surface area contributed by atoms with Gasteiger partial charge in [-0.05, 0) is 46.6 Å². The second-order valence-corrected chi connectivity index (χ2v) is 6.51. The van der Waals surface area contributed by atoms with Crippen molar-refractivity contribution in [1.82, 2.24) is 4.98 Å². The van der Waals surface area contributed by atoms with Crippen molar-refractivity contribution in [1.29, 1.82) is 0 Å². The van der Waals surface area contributed by atoms with Gasteiger partial charge in [0.15, 0.2) is 0 Å². The number of aryl methyl sites for hydroxylation is 1. The lowest BCUT2D eigenvalue weighted by molar-refractivity contribution is 0.601. The Hall–Kier alpha value is -1.60. The maximum Gasteiger partial charge on any atom is 0.265 e. The van der Waals surface area contributed by atoms with Gasteiger partial charge in [-0.15, -0.1) is 0 Å². The molecule has 19 heavy (non-hydrogen) atoms. The summed E-state index contributed by atoms with van der Waals surface area (Å²) < 4.78 is 27.6. The standard InChI is InChI=1S/C12H12BrN3O2S/c1-8-2-3-11(9(13)6-8)16-19(17,18)12-7-15-5-4-10(12)14/h2-7,16H,1H3,(H2,14,15). The van der Waals surface area contributed by atoms with Crippen molar-refractivity contribution in [2.45, 2.75) is 11.8 Å². The molecular weight excluding hydrogens is 330 g/mol. The fraction of sp³-hybridized carbons (Fsp3) is 0.0833. The molecule has 0 bridgehead atoms. The Morgan fingerprint density at radius 1 is 1.32 bits per heavy atom. The molecule has 2 rings (SSSR count). The number of nitrogens with one attached hydrogen (secondary N) is 1. The van der Waals surface area contributed by atoms with E-state index in [-0.39, 0.29) is 10.6 Å². The van der Waals surface area contributed by atoms with Gasteiger partial charge in [-0.1, -0.05) is 6.07 Å². The maximum atomic E-state index is 12.2. The Labute approximate surface area is 120 Å². The maximum absolute atomic E-state index is 12.2. The minimum absolute atomic E-state index is 0.0394. The molecule has 0 aliphatic heterocycles. The van der Waals surface area contributed by atoms with Crippen LogP contribution in [0.2, 0.25) is 0 Å². The van der Waals surface area contributed by atoms with Crippen molar-refractivity contribution in [3.05, 3.63) is 46.7 Å². The number of hydrogen-bond donors (Lipinski definition) is 2. The molecule has 3 N–H and O–H groups in total. The van der Waals surface area contributed by atoms with E-state index in [0.717, 1.165) is 5.56 Å². The van der Waals surface area contributed by atoms with Crippen molar-refractivity contribution >= 4 is 37.3 Å². The first-order chi connectivity index (χ1) is 8.90. The van der Waals surface area contributed by atoms with Gasteiger partial charge in [0.2, 0.25) is 0 Å². The summed E-state index contributed by atoms with van der Waals surface area (Å²) in [4.78, 5) is 3.74. The summed E-state index contributed by atoms with van der Waals surface area (Å²) in [6.07, 6.45) is 2.66. The lowest BCUT2D eigenvalue weighted by Crippen LogP contribution is -2.15. The van der Waals surface area contributed by atoms with Gasteiger partial charge in [-0.2, -0.15) is 0 Å². The Kier molecular flexibility index (Phi) is 3.77. The van der Waals surface area contributed by atoms with Crippen molar-refractivity contribution in [2.75, 3.05) is 10.5 Å². The largest absolute Gasteiger partial charge is 0.398 e. The fourth-order valence-electron chi connectivity index (χ4n) is 1.52. The van der Waals surface area contributed by atoms with Crippen LogP contribution in [0.3, 0.4) is 0 Å². The molecule has 0 saturated carbocycles. The SMILES string of the molecule is Cc1ccc(NS(=O)(=O)c2cnccc2N)c(Br)c1. The summed E-state index contributed by atoms with van der Waals surface area (Å²) in [6, 6.07) is 6.77. The van der Waals surface area contributed by atoms with Crippen molar-refractivity contribution < 1.29 is 8.42 Å². The van der Waals surface area contributed by atoms with Crippen LogP contribution in [0.4, 0.5) is 11.4 Å². The van der Waals surface area contributed by atoms with Crippen molar-refractivity contribution in [3.8, 4) is 0 Å². The van der Waals surface area contributed by atoms with Crippen LogP contribution in [0.15, 0.2) is 46.0 Å². The van der Waals surface area contributed by atoms with E-state index in [4.69, 9.17) is 5.73 Å². The van der Waals surface area contributed by atoms with E-state index >= 15 is 0 Å². The molecule has 0 aliphatic rings. The highest BCUT2D eigenvalue weighted by atomic mass is 79.9. The van der Waals surface area contributed by atoms with E-state index in [2.05, 4.69) is 25.6 Å². The third kappa shape index (κ3) is 3.05. The molecule has 0 spiro atoms. The normalized spacial score (nSPS) is 11.3. The average Bonchev–Trinajstić information content (AvgIpc) is 2.33. The highest BCUT2D eigenvalue weighted by Gasteiger charge is 2.18. The number of halogens is 1. The number of nitrogens with two attached hydrogens (primary N) is 1. The molecule has 1 aromatic carbocycles. The van der Waals surface area contributed by atoms with E-state index < -0.39 is 10.0 Å². The molecule has 0 unspecified atom stereocenters. The van der Waals surface area contributed by atoms with Gasteiger partial charge in [0, 0.05) is 16.9 Å². The van der Waals surface area contributed by atoms with Gasteiger partial charge >= 0.3 is 0 Å². The Morgan fingerprint density at radius 2 is 2.05 bits per heavy atom. The molecule has 0 fully saturated rings. The van der Waals surface area contributed by atoms with Crippen LogP contribution in [0.5, 0.6) is 0 Å². The van der Waals surface area contributed by atoms with Gasteiger partial charge in [-0.3, -0.25) is 9.71 Å². The summed E-state index contributed by atoms with van der Waals surface area (Å²) in [5.41, 5.74) is 7.29. The number of anilines is 2. The van der Waals surface area contributed by atoms with Crippen LogP contribution in [0.25, 0.3) is 0 Å². The quantitative estimate of drug-likeness (QED) is 0.898. The van der Waals surface area contributed by atoms with E-state index in [1.165, 1.54) is 18.5 Å². The summed E-state index contributed by atoms with van der Waals surface area (Å²) in [5.74, 6) is 0. The first-order valence-electron chi connectivity index (χ1n) is 5.38. The topological polar surface area (TPSA) is 85.1 Å². The average molecular weight is 342 g/mol. The zero-order valence-corrected chi connectivity index (χ0v) is 12.5. The molecule has 100 valence electrons. The van der Waals surface area contributed by atoms with E-state index in [0.29, 0.717) is 10.2 Å². The molecule has 1 heterocycles. The number of hydrogen-bond acceptors (Lipinski definition) is 4. The van der Waals surface area contributed by atoms with E-state index in [1.54, 1.807) is 6.07 Å². The van der Waals surface area contributed by atoms with Gasteiger partial charge in [-0.25, -0.2) is 8.42 Å². The highest BCUT2D eigenvalue weighted by molar-refractivity contribution is 9.10. The van der Waals surface area contributed by atoms with Crippen LogP contribution < -0.4 is 10.5 Å². The lowest BCUT2D eigenvalue weighted by Gasteiger charge is -2.11. The molecular formula is C12H12BrN3O2S. The van der Waals surface area contributed by atoms with Gasteiger partial charge in [0.05, 0.1) is 11.4 Å². The summed E-state index contributed by atoms with van der Waals surface area (Å²) in [7, 11) is -3.75. The Bertz CT molecular complexity index is 717. The highest BCUT2D eigenvalue weighted by Crippen LogP contribution is 2.27. The number of sulfonamides is 1. The molecule has 0 amide bonds. The summed E-state index contributed by atoms with van der Waals surface area (Å²) in [5, 5.41) is 0. The second-order valence-electron chi connectivity index (χ2n) is 4.00. The Morgan fingerprint density at radius 3 is 2.68 bits per heavy atom. The Balaban J connectivity index is 2.40. The molecule has 0 atom stereocenters. The van der Waals surface area contributed by atoms with Gasteiger partial charge in [0.1, 0.15) is 4.90 Å². The van der Waals surface area contributed by atoms with Crippen molar-refractivity contribution in [3.63, 3.8) is 0 Å². The number of aromatic nitrogens is 1. The minimum Gasteiger partial charge on any atom is -0.398 e. The van der Waals surface area contributed by atoms with E-state index in [1.807, 2.05) is 19.1 Å². The smallest absolute Gasteiger partial charge is 0.265 e. The zero-order valence-electron chi connectivity index (χ0n) is 10.1. The first kappa shape index (κ1) is 13.8. The number of nitrogens with zero attached hydrogens (tertiary/aromatic N) is 1. The molecule has 7 heteroatoms. The molecule has 0 saturated heterocycles. The van der Waals surface area contributed by atoms with Crippen LogP contribution in [-0.4, -0.2) is 13.4 Å². The fourth-order valence-corrected chi connectivity index (χ4v) is 3.40. The number of rotatable bonds is 3. The van der Waals surface area contributed by atoms with Crippen LogP contribution in [0, 0.1) is 6.92 Å². The molecule has 2 aromatic rings. The number of pyridine rings is 1. The second kappa shape index (κ2) is 5.18. The van der Waals surface area contributed by atoms with Gasteiger partial charge < -0.3 is 5.73 Å².